The molecule has 0 aliphatic rings. The molecule has 0 saturated carbocycles. The molecule has 124 valence electrons. The minimum Gasteiger partial charge on any atom is -0.480 e. The Kier molecular flexibility index (Phi) is 6.05. The molecule has 0 aliphatic carbocycles. The fourth-order valence-electron chi connectivity index (χ4n) is 3.16. The Morgan fingerprint density at radius 3 is 1.67 bits per heavy atom. The van der Waals surface area contributed by atoms with E-state index in [1.165, 1.54) is 0 Å². The van der Waals surface area contributed by atoms with Gasteiger partial charge >= 0.3 is 11.9 Å². The lowest BCUT2D eigenvalue weighted by Crippen LogP contribution is -2.55. The van der Waals surface area contributed by atoms with E-state index in [1.54, 1.807) is 34.6 Å². The van der Waals surface area contributed by atoms with Gasteiger partial charge in [-0.3, -0.25) is 9.59 Å². The molecule has 0 aromatic carbocycles. The topological polar surface area (TPSA) is 63.6 Å². The molecule has 0 radical (unpaired) electrons. The van der Waals surface area contributed by atoms with Gasteiger partial charge in [0.15, 0.2) is 5.41 Å². The second-order valence-electron chi connectivity index (χ2n) is 8.19. The Balaban J connectivity index is 5.78. The predicted octanol–water partition coefficient (Wildman–Crippen LogP) is 4.13. The Labute approximate surface area is 129 Å². The van der Waals surface area contributed by atoms with E-state index in [1.807, 2.05) is 27.7 Å². The number of esters is 1. The lowest BCUT2D eigenvalue weighted by molar-refractivity contribution is -0.190. The Hall–Kier alpha value is -1.06. The molecule has 2 atom stereocenters. The molecule has 21 heavy (non-hydrogen) atoms. The summed E-state index contributed by atoms with van der Waals surface area (Å²) in [5.74, 6) is -2.10. The predicted molar refractivity (Wildman–Crippen MR) is 84.0 cm³/mol. The van der Waals surface area contributed by atoms with Crippen molar-refractivity contribution in [1.29, 1.82) is 0 Å². The first kappa shape index (κ1) is 19.9. The van der Waals surface area contributed by atoms with Crippen LogP contribution in [-0.2, 0) is 14.3 Å². The highest BCUT2D eigenvalue weighted by Gasteiger charge is 2.59. The highest BCUT2D eigenvalue weighted by Crippen LogP contribution is 2.47. The van der Waals surface area contributed by atoms with E-state index in [2.05, 4.69) is 0 Å². The molecule has 0 amide bonds. The van der Waals surface area contributed by atoms with Gasteiger partial charge in [0.1, 0.15) is 6.10 Å². The Bertz CT molecular complexity index is 385. The van der Waals surface area contributed by atoms with Gasteiger partial charge in [0.05, 0.1) is 0 Å². The van der Waals surface area contributed by atoms with Crippen molar-refractivity contribution in [3.63, 3.8) is 0 Å². The van der Waals surface area contributed by atoms with Crippen LogP contribution >= 0.6 is 0 Å². The van der Waals surface area contributed by atoms with E-state index in [-0.39, 0.29) is 17.4 Å². The van der Waals surface area contributed by atoms with Crippen LogP contribution in [0.3, 0.4) is 0 Å². The van der Waals surface area contributed by atoms with Crippen LogP contribution in [0.1, 0.15) is 68.7 Å². The van der Waals surface area contributed by atoms with Crippen molar-refractivity contribution in [3.05, 3.63) is 0 Å². The summed E-state index contributed by atoms with van der Waals surface area (Å²) in [7, 11) is 0. The van der Waals surface area contributed by atoms with Crippen LogP contribution in [-0.4, -0.2) is 23.1 Å². The summed E-state index contributed by atoms with van der Waals surface area (Å²) in [6.07, 6.45) is 0.359. The minimum absolute atomic E-state index is 0.219. The number of ether oxygens (including phenoxy) is 1. The van der Waals surface area contributed by atoms with Gasteiger partial charge in [-0.1, -0.05) is 62.3 Å². The molecule has 0 bridgehead atoms. The Morgan fingerprint density at radius 1 is 1.05 bits per heavy atom. The zero-order valence-corrected chi connectivity index (χ0v) is 15.0. The summed E-state index contributed by atoms with van der Waals surface area (Å²) >= 11 is 0. The standard InChI is InChI=1S/C17H32O4/c1-10-12(15(4,5)6)21-14(20)17(11(2)3,13(18)19)16(7,8)9/h11-12H,10H2,1-9H3,(H,18,19). The monoisotopic (exact) mass is 300 g/mol. The first-order valence-corrected chi connectivity index (χ1v) is 7.67. The number of carboxylic acids is 1. The lowest BCUT2D eigenvalue weighted by Gasteiger charge is -2.43. The van der Waals surface area contributed by atoms with Crippen LogP contribution in [0, 0.1) is 22.2 Å². The number of carbonyl (C=O) groups is 2. The SMILES string of the molecule is CCC(OC(=O)C(C(=O)O)(C(C)C)C(C)(C)C)C(C)(C)C. The molecule has 0 aromatic heterocycles. The summed E-state index contributed by atoms with van der Waals surface area (Å²) in [6, 6.07) is 0. The molecule has 0 heterocycles. The number of carbonyl (C=O) groups excluding carboxylic acids is 1. The van der Waals surface area contributed by atoms with Crippen molar-refractivity contribution in [2.45, 2.75) is 74.8 Å². The first-order valence-electron chi connectivity index (χ1n) is 7.67. The van der Waals surface area contributed by atoms with Crippen LogP contribution in [0.4, 0.5) is 0 Å². The van der Waals surface area contributed by atoms with E-state index in [0.717, 1.165) is 0 Å². The quantitative estimate of drug-likeness (QED) is 0.612. The maximum Gasteiger partial charge on any atom is 0.324 e. The summed E-state index contributed by atoms with van der Waals surface area (Å²) in [4.78, 5) is 24.8. The van der Waals surface area contributed by atoms with Crippen molar-refractivity contribution in [1.82, 2.24) is 0 Å². The van der Waals surface area contributed by atoms with Crippen LogP contribution in [0.5, 0.6) is 0 Å². The molecule has 2 unspecified atom stereocenters. The van der Waals surface area contributed by atoms with Crippen LogP contribution in [0.25, 0.3) is 0 Å². The molecule has 4 nitrogen and oxygen atoms in total. The number of hydrogen-bond acceptors (Lipinski definition) is 3. The first-order chi connectivity index (χ1) is 9.22. The third-order valence-electron chi connectivity index (χ3n) is 4.29. The zero-order valence-electron chi connectivity index (χ0n) is 15.0. The van der Waals surface area contributed by atoms with Crippen molar-refractivity contribution < 1.29 is 19.4 Å². The number of rotatable bonds is 5. The van der Waals surface area contributed by atoms with Crippen molar-refractivity contribution in [2.24, 2.45) is 22.2 Å². The molecule has 0 aromatic rings. The summed E-state index contributed by atoms with van der Waals surface area (Å²) in [6.45, 7) is 16.8. The normalized spacial score (nSPS) is 17.2. The lowest BCUT2D eigenvalue weighted by atomic mass is 9.60. The third-order valence-corrected chi connectivity index (χ3v) is 4.29. The van der Waals surface area contributed by atoms with E-state index in [9.17, 15) is 14.7 Å². The van der Waals surface area contributed by atoms with Gasteiger partial charge in [0, 0.05) is 0 Å². The van der Waals surface area contributed by atoms with E-state index >= 15 is 0 Å². The fourth-order valence-corrected chi connectivity index (χ4v) is 3.16. The summed E-state index contributed by atoms with van der Waals surface area (Å²) in [5, 5.41) is 9.79. The number of aliphatic carboxylic acids is 1. The molecule has 0 saturated heterocycles. The van der Waals surface area contributed by atoms with Crippen LogP contribution in [0.15, 0.2) is 0 Å². The summed E-state index contributed by atoms with van der Waals surface area (Å²) < 4.78 is 5.66. The number of carboxylic acid groups (broad SMARTS) is 1. The van der Waals surface area contributed by atoms with Gasteiger partial charge in [0.2, 0.25) is 0 Å². The average molecular weight is 300 g/mol. The number of hydrogen-bond donors (Lipinski definition) is 1. The highest BCUT2D eigenvalue weighted by atomic mass is 16.5. The zero-order chi connectivity index (χ0) is 17.2. The molecule has 1 N–H and O–H groups in total. The van der Waals surface area contributed by atoms with Gasteiger partial charge in [0.25, 0.3) is 0 Å². The maximum absolute atomic E-state index is 12.8. The highest BCUT2D eigenvalue weighted by molar-refractivity contribution is 6.00. The second kappa shape index (κ2) is 6.37. The molecule has 0 rings (SSSR count). The van der Waals surface area contributed by atoms with E-state index in [0.29, 0.717) is 6.42 Å². The largest absolute Gasteiger partial charge is 0.480 e. The minimum atomic E-state index is -1.55. The van der Waals surface area contributed by atoms with Gasteiger partial charge in [-0.15, -0.1) is 0 Å². The van der Waals surface area contributed by atoms with Gasteiger partial charge in [-0.2, -0.15) is 0 Å². The van der Waals surface area contributed by atoms with E-state index < -0.39 is 22.8 Å². The van der Waals surface area contributed by atoms with Gasteiger partial charge in [-0.05, 0) is 23.2 Å². The molecular formula is C17H32O4. The molecule has 0 aliphatic heterocycles. The van der Waals surface area contributed by atoms with Gasteiger partial charge < -0.3 is 9.84 Å². The molecule has 4 heteroatoms. The molecular weight excluding hydrogens is 268 g/mol. The summed E-state index contributed by atoms with van der Waals surface area (Å²) in [5.41, 5.74) is -2.50. The average Bonchev–Trinajstić information content (AvgIpc) is 2.21. The third kappa shape index (κ3) is 3.78. The second-order valence-corrected chi connectivity index (χ2v) is 8.19. The Morgan fingerprint density at radius 2 is 1.48 bits per heavy atom. The van der Waals surface area contributed by atoms with E-state index in [4.69, 9.17) is 4.74 Å². The maximum atomic E-state index is 12.8. The van der Waals surface area contributed by atoms with Crippen molar-refractivity contribution in [3.8, 4) is 0 Å². The molecule has 0 fully saturated rings. The van der Waals surface area contributed by atoms with Crippen molar-refractivity contribution in [2.75, 3.05) is 0 Å². The smallest absolute Gasteiger partial charge is 0.324 e. The van der Waals surface area contributed by atoms with Crippen molar-refractivity contribution >= 4 is 11.9 Å². The van der Waals surface area contributed by atoms with Crippen LogP contribution in [0.2, 0.25) is 0 Å². The fraction of sp³-hybridized carbons (Fsp3) is 0.882. The van der Waals surface area contributed by atoms with Crippen LogP contribution < -0.4 is 0 Å². The molecule has 0 spiro atoms. The van der Waals surface area contributed by atoms with Gasteiger partial charge in [-0.25, -0.2) is 0 Å².